The number of rotatable bonds is 13. The fourth-order valence-electron chi connectivity index (χ4n) is 4.14. The molecule has 0 spiro atoms. The van der Waals surface area contributed by atoms with Gasteiger partial charge in [0.05, 0.1) is 37.9 Å². The monoisotopic (exact) mass is 518 g/mol. The van der Waals surface area contributed by atoms with Gasteiger partial charge in [-0.25, -0.2) is 4.98 Å². The predicted molar refractivity (Wildman–Crippen MR) is 159 cm³/mol. The van der Waals surface area contributed by atoms with Crippen molar-refractivity contribution in [2.24, 2.45) is 0 Å². The van der Waals surface area contributed by atoms with Crippen LogP contribution in [0.3, 0.4) is 0 Å². The van der Waals surface area contributed by atoms with Crippen LogP contribution in [0, 0.1) is 11.3 Å². The normalized spacial score (nSPS) is 15.8. The van der Waals surface area contributed by atoms with Gasteiger partial charge in [-0.3, -0.25) is 14.3 Å². The second-order valence-electron chi connectivity index (χ2n) is 9.12. The first kappa shape index (κ1) is 32.8. The van der Waals surface area contributed by atoms with Crippen LogP contribution < -0.4 is 5.56 Å². The average Bonchev–Trinajstić information content (AvgIpc) is 2.94. The molecule has 0 radical (unpaired) electrons. The Labute approximate surface area is 230 Å². The van der Waals surface area contributed by atoms with Crippen LogP contribution in [0.25, 0.3) is 0 Å². The number of nitriles is 1. The Kier molecular flexibility index (Phi) is 16.3. The summed E-state index contributed by atoms with van der Waals surface area (Å²) in [7, 11) is 0. The lowest BCUT2D eigenvalue weighted by atomic mass is 10.0. The standard InChI is InChI=1S/C30H42N4O2.C2H4/c1-6-9-10-12-27(15-16-31)21-26(8-3)14-13-24(4)23-34-29(11-7-2)32-28(22-30(34)35)25(5)33-17-19-36-20-18-33;1-2/h8-10,12-14,22,25H,4,6-7,11,15,17-21,23H2,1-3,5H3;1-2H2/b10-9-,14-13-,26-8+,27-12+;. The number of nitrogens with zero attached hydrogens (tertiary/aromatic N) is 4. The van der Waals surface area contributed by atoms with Crippen molar-refractivity contribution < 1.29 is 4.74 Å². The molecule has 0 amide bonds. The molecule has 206 valence electrons. The Morgan fingerprint density at radius 3 is 2.58 bits per heavy atom. The highest BCUT2D eigenvalue weighted by Gasteiger charge is 2.21. The molecule has 1 aromatic rings. The zero-order chi connectivity index (χ0) is 28.3. The molecule has 0 aliphatic carbocycles. The summed E-state index contributed by atoms with van der Waals surface area (Å²) in [4.78, 5) is 20.4. The van der Waals surface area contributed by atoms with E-state index in [0.717, 1.165) is 60.6 Å². The minimum Gasteiger partial charge on any atom is -0.379 e. The van der Waals surface area contributed by atoms with Crippen LogP contribution in [0.2, 0.25) is 0 Å². The Morgan fingerprint density at radius 1 is 1.26 bits per heavy atom. The molecule has 0 bridgehead atoms. The molecular formula is C32H46N4O2. The second-order valence-corrected chi connectivity index (χ2v) is 9.12. The number of aromatic nitrogens is 2. The Bertz CT molecular complexity index is 1100. The highest BCUT2D eigenvalue weighted by Crippen LogP contribution is 2.20. The Balaban J connectivity index is 0.00000352. The highest BCUT2D eigenvalue weighted by molar-refractivity contribution is 5.32. The van der Waals surface area contributed by atoms with Crippen molar-refractivity contribution in [1.82, 2.24) is 14.5 Å². The molecule has 1 fully saturated rings. The maximum Gasteiger partial charge on any atom is 0.254 e. The van der Waals surface area contributed by atoms with E-state index in [9.17, 15) is 10.1 Å². The largest absolute Gasteiger partial charge is 0.379 e. The van der Waals surface area contributed by atoms with Gasteiger partial charge in [0.2, 0.25) is 0 Å². The smallest absolute Gasteiger partial charge is 0.254 e. The van der Waals surface area contributed by atoms with Gasteiger partial charge >= 0.3 is 0 Å². The average molecular weight is 519 g/mol. The van der Waals surface area contributed by atoms with Crippen LogP contribution >= 0.6 is 0 Å². The van der Waals surface area contributed by atoms with Crippen LogP contribution in [0.5, 0.6) is 0 Å². The molecule has 6 nitrogen and oxygen atoms in total. The first-order chi connectivity index (χ1) is 18.4. The zero-order valence-corrected chi connectivity index (χ0v) is 23.9. The minimum atomic E-state index is -0.0358. The van der Waals surface area contributed by atoms with Gasteiger partial charge in [-0.05, 0) is 44.3 Å². The first-order valence-electron chi connectivity index (χ1n) is 13.6. The van der Waals surface area contributed by atoms with Crippen molar-refractivity contribution in [3.8, 4) is 6.07 Å². The quantitative estimate of drug-likeness (QED) is 0.216. The topological polar surface area (TPSA) is 71.2 Å². The van der Waals surface area contributed by atoms with Gasteiger partial charge in [-0.15, -0.1) is 13.2 Å². The summed E-state index contributed by atoms with van der Waals surface area (Å²) >= 11 is 0. The third-order valence-electron chi connectivity index (χ3n) is 6.31. The molecule has 0 saturated carbocycles. The molecule has 0 aromatic carbocycles. The molecule has 1 aliphatic rings. The van der Waals surface area contributed by atoms with E-state index in [-0.39, 0.29) is 11.6 Å². The lowest BCUT2D eigenvalue weighted by Gasteiger charge is -2.32. The summed E-state index contributed by atoms with van der Waals surface area (Å²) in [6, 6.07) is 4.01. The van der Waals surface area contributed by atoms with Crippen LogP contribution in [-0.2, 0) is 17.7 Å². The summed E-state index contributed by atoms with van der Waals surface area (Å²) in [5.74, 6) is 0.808. The third kappa shape index (κ3) is 11.0. The van der Waals surface area contributed by atoms with Crippen molar-refractivity contribution >= 4 is 0 Å². The fourth-order valence-corrected chi connectivity index (χ4v) is 4.14. The van der Waals surface area contributed by atoms with Crippen molar-refractivity contribution in [2.75, 3.05) is 26.3 Å². The van der Waals surface area contributed by atoms with Gasteiger partial charge in [0.25, 0.3) is 5.56 Å². The summed E-state index contributed by atoms with van der Waals surface area (Å²) in [5, 5.41) is 9.17. The Morgan fingerprint density at radius 2 is 1.97 bits per heavy atom. The van der Waals surface area contributed by atoms with E-state index < -0.39 is 0 Å². The van der Waals surface area contributed by atoms with Crippen LogP contribution in [-0.4, -0.2) is 40.8 Å². The lowest BCUT2D eigenvalue weighted by Crippen LogP contribution is -2.39. The number of hydrogen-bond acceptors (Lipinski definition) is 5. The summed E-state index contributed by atoms with van der Waals surface area (Å²) in [5.41, 5.74) is 3.80. The number of morpholine rings is 1. The van der Waals surface area contributed by atoms with Crippen LogP contribution in [0.1, 0.15) is 70.9 Å². The third-order valence-corrected chi connectivity index (χ3v) is 6.31. The number of hydrogen-bond donors (Lipinski definition) is 0. The zero-order valence-electron chi connectivity index (χ0n) is 23.9. The number of ether oxygens (including phenoxy) is 1. The molecular weight excluding hydrogens is 472 g/mol. The summed E-state index contributed by atoms with van der Waals surface area (Å²) in [6.45, 7) is 22.0. The van der Waals surface area contributed by atoms with Crippen molar-refractivity contribution in [2.45, 2.75) is 72.4 Å². The van der Waals surface area contributed by atoms with Crippen molar-refractivity contribution in [1.29, 1.82) is 5.26 Å². The van der Waals surface area contributed by atoms with E-state index in [1.54, 1.807) is 10.6 Å². The van der Waals surface area contributed by atoms with Gasteiger partial charge < -0.3 is 4.74 Å². The predicted octanol–water partition coefficient (Wildman–Crippen LogP) is 6.65. The SMILES string of the molecule is C=C.C=C(/C=C\C(=C/C)C/C(=C/C=C\CC)CC#N)Cn1c(CCC)nc(C(C)N2CCOCC2)cc1=O. The first-order valence-corrected chi connectivity index (χ1v) is 13.6. The molecule has 0 N–H and O–H groups in total. The molecule has 6 heteroatoms. The molecule has 2 rings (SSSR count). The molecule has 1 atom stereocenters. The summed E-state index contributed by atoms with van der Waals surface area (Å²) < 4.78 is 7.22. The van der Waals surface area contributed by atoms with Gasteiger partial charge in [-0.2, -0.15) is 5.26 Å². The van der Waals surface area contributed by atoms with Crippen molar-refractivity contribution in [3.63, 3.8) is 0 Å². The van der Waals surface area contributed by atoms with Gasteiger partial charge in [0.15, 0.2) is 0 Å². The lowest BCUT2D eigenvalue weighted by molar-refractivity contribution is 0.0189. The van der Waals surface area contributed by atoms with Crippen LogP contribution in [0.4, 0.5) is 0 Å². The Hall–Kier alpha value is -3.27. The molecule has 1 saturated heterocycles. The van der Waals surface area contributed by atoms with E-state index in [1.807, 2.05) is 31.2 Å². The van der Waals surface area contributed by atoms with Gasteiger partial charge in [-0.1, -0.05) is 62.5 Å². The maximum atomic E-state index is 13.2. The van der Waals surface area contributed by atoms with Gasteiger partial charge in [0.1, 0.15) is 5.82 Å². The molecule has 38 heavy (non-hydrogen) atoms. The fraction of sp³-hybridized carbons (Fsp3) is 0.469. The van der Waals surface area contributed by atoms with Crippen LogP contribution in [0.15, 0.2) is 83.8 Å². The van der Waals surface area contributed by atoms with E-state index in [1.165, 1.54) is 0 Å². The van der Waals surface area contributed by atoms with Gasteiger partial charge in [0, 0.05) is 31.6 Å². The number of aryl methyl sites for hydroxylation is 1. The molecule has 2 heterocycles. The second kappa shape index (κ2) is 18.9. The molecule has 1 aliphatic heterocycles. The van der Waals surface area contributed by atoms with E-state index in [2.05, 4.69) is 63.6 Å². The van der Waals surface area contributed by atoms with E-state index in [4.69, 9.17) is 9.72 Å². The number of allylic oxidation sites excluding steroid dienone is 9. The highest BCUT2D eigenvalue weighted by atomic mass is 16.5. The summed E-state index contributed by atoms with van der Waals surface area (Å²) in [6.07, 6.45) is 15.9. The van der Waals surface area contributed by atoms with E-state index in [0.29, 0.717) is 32.6 Å². The van der Waals surface area contributed by atoms with Crippen molar-refractivity contribution in [3.05, 3.63) is 101 Å². The van der Waals surface area contributed by atoms with E-state index >= 15 is 0 Å². The minimum absolute atomic E-state index is 0.0358. The molecule has 1 unspecified atom stereocenters. The molecule has 1 aromatic heterocycles. The maximum absolute atomic E-state index is 13.2.